The van der Waals surface area contributed by atoms with E-state index in [0.717, 1.165) is 0 Å². The number of ether oxygens (including phenoxy) is 1. The highest BCUT2D eigenvalue weighted by molar-refractivity contribution is 5.42. The lowest BCUT2D eigenvalue weighted by molar-refractivity contribution is 0.142. The van der Waals surface area contributed by atoms with Crippen LogP contribution in [-0.2, 0) is 0 Å². The first-order valence-electron chi connectivity index (χ1n) is 3.87. The highest BCUT2D eigenvalue weighted by atomic mass is 16.5. The summed E-state index contributed by atoms with van der Waals surface area (Å²) < 4.78 is 5.15. The van der Waals surface area contributed by atoms with Crippen molar-refractivity contribution in [3.05, 3.63) is 36.8 Å². The topological polar surface area (TPSA) is 53.2 Å². The number of aliphatic hydroxyl groups is 1. The van der Waals surface area contributed by atoms with Gasteiger partial charge >= 0.3 is 0 Å². The Hall–Kier alpha value is -1.53. The number of nitrogens with zero attached hydrogens (tertiary/aromatic N) is 1. The summed E-state index contributed by atoms with van der Waals surface area (Å²) in [4.78, 5) is 0. The summed E-state index contributed by atoms with van der Waals surface area (Å²) >= 11 is 0. The molecular formula is C10H10NO2. The van der Waals surface area contributed by atoms with E-state index in [2.05, 4.69) is 6.92 Å². The molecule has 3 nitrogen and oxygen atoms in total. The molecule has 0 heterocycles. The molecule has 0 spiro atoms. The van der Waals surface area contributed by atoms with Crippen LogP contribution in [0.5, 0.6) is 5.75 Å². The summed E-state index contributed by atoms with van der Waals surface area (Å²) in [5.74, 6) is 0.479. The van der Waals surface area contributed by atoms with E-state index >= 15 is 0 Å². The van der Waals surface area contributed by atoms with Gasteiger partial charge in [0.2, 0.25) is 0 Å². The summed E-state index contributed by atoms with van der Waals surface area (Å²) in [6, 6.07) is 8.86. The summed E-state index contributed by atoms with van der Waals surface area (Å²) in [6.07, 6.45) is -0.772. The van der Waals surface area contributed by atoms with Crippen LogP contribution < -0.4 is 4.74 Å². The highest BCUT2D eigenvalue weighted by Gasteiger charge is 2.02. The van der Waals surface area contributed by atoms with Gasteiger partial charge in [-0.2, -0.15) is 5.26 Å². The van der Waals surface area contributed by atoms with Crippen molar-refractivity contribution in [2.45, 2.75) is 6.10 Å². The number of benzene rings is 1. The van der Waals surface area contributed by atoms with Crippen LogP contribution in [0.2, 0.25) is 0 Å². The number of aliphatic hydroxyl groups excluding tert-OH is 1. The second-order valence-corrected chi connectivity index (χ2v) is 2.57. The van der Waals surface area contributed by atoms with E-state index in [1.807, 2.05) is 6.07 Å². The zero-order valence-corrected chi connectivity index (χ0v) is 7.10. The van der Waals surface area contributed by atoms with E-state index in [0.29, 0.717) is 11.3 Å². The molecule has 1 atom stereocenters. The van der Waals surface area contributed by atoms with Crippen molar-refractivity contribution in [2.75, 3.05) is 6.61 Å². The van der Waals surface area contributed by atoms with Crippen LogP contribution in [0.1, 0.15) is 5.56 Å². The normalized spacial score (nSPS) is 11.8. The van der Waals surface area contributed by atoms with Crippen molar-refractivity contribution in [2.24, 2.45) is 0 Å². The van der Waals surface area contributed by atoms with Gasteiger partial charge in [0.15, 0.2) is 0 Å². The molecule has 13 heavy (non-hydrogen) atoms. The van der Waals surface area contributed by atoms with Gasteiger partial charge in [0.1, 0.15) is 18.4 Å². The van der Waals surface area contributed by atoms with Crippen LogP contribution >= 0.6 is 0 Å². The Morgan fingerprint density at radius 2 is 2.23 bits per heavy atom. The van der Waals surface area contributed by atoms with Crippen molar-refractivity contribution < 1.29 is 9.84 Å². The monoisotopic (exact) mass is 176 g/mol. The Labute approximate surface area is 77.2 Å². The standard InChI is InChI=1S/C10H10NO2/c1-8(12)7-13-10-5-3-2-4-9(10)6-11/h2-5,8,12H,1,7H2. The minimum atomic E-state index is -0.772. The average molecular weight is 176 g/mol. The Morgan fingerprint density at radius 3 is 2.85 bits per heavy atom. The molecule has 1 aromatic rings. The molecular weight excluding hydrogens is 166 g/mol. The summed E-state index contributed by atoms with van der Waals surface area (Å²) in [5, 5.41) is 17.5. The van der Waals surface area contributed by atoms with Crippen LogP contribution in [0.15, 0.2) is 24.3 Å². The molecule has 0 saturated heterocycles. The quantitative estimate of drug-likeness (QED) is 0.751. The first-order valence-corrected chi connectivity index (χ1v) is 3.87. The zero-order chi connectivity index (χ0) is 9.68. The summed E-state index contributed by atoms with van der Waals surface area (Å²) in [6.45, 7) is 3.45. The number of para-hydroxylation sites is 1. The van der Waals surface area contributed by atoms with Gasteiger partial charge in [-0.05, 0) is 19.1 Å². The molecule has 1 rings (SSSR count). The van der Waals surface area contributed by atoms with E-state index in [9.17, 15) is 0 Å². The SMILES string of the molecule is [CH2]C(O)COc1ccccc1C#N. The minimum absolute atomic E-state index is 0.0959. The lowest BCUT2D eigenvalue weighted by Crippen LogP contribution is -2.13. The third-order valence-electron chi connectivity index (χ3n) is 1.44. The third-order valence-corrected chi connectivity index (χ3v) is 1.44. The van der Waals surface area contributed by atoms with Crippen LogP contribution in [0, 0.1) is 18.3 Å². The molecule has 3 heteroatoms. The van der Waals surface area contributed by atoms with Gasteiger partial charge in [-0.1, -0.05) is 12.1 Å². The summed E-state index contributed by atoms with van der Waals surface area (Å²) in [5.41, 5.74) is 0.461. The molecule has 1 unspecified atom stereocenters. The van der Waals surface area contributed by atoms with Gasteiger partial charge in [-0.15, -0.1) is 0 Å². The third kappa shape index (κ3) is 2.77. The van der Waals surface area contributed by atoms with Gasteiger partial charge < -0.3 is 9.84 Å². The first kappa shape index (κ1) is 9.56. The largest absolute Gasteiger partial charge is 0.490 e. The van der Waals surface area contributed by atoms with E-state index in [1.54, 1.807) is 24.3 Å². The second kappa shape index (κ2) is 4.48. The fourth-order valence-electron chi connectivity index (χ4n) is 0.871. The molecule has 1 radical (unpaired) electrons. The van der Waals surface area contributed by atoms with Crippen molar-refractivity contribution in [3.8, 4) is 11.8 Å². The van der Waals surface area contributed by atoms with Crippen molar-refractivity contribution in [1.82, 2.24) is 0 Å². The maximum atomic E-state index is 8.86. The molecule has 1 aromatic carbocycles. The highest BCUT2D eigenvalue weighted by Crippen LogP contribution is 2.16. The second-order valence-electron chi connectivity index (χ2n) is 2.57. The Balaban J connectivity index is 2.71. The number of rotatable bonds is 3. The maximum Gasteiger partial charge on any atom is 0.137 e. The van der Waals surface area contributed by atoms with Crippen LogP contribution in [0.4, 0.5) is 0 Å². The Morgan fingerprint density at radius 1 is 1.54 bits per heavy atom. The van der Waals surface area contributed by atoms with E-state index in [1.165, 1.54) is 0 Å². The van der Waals surface area contributed by atoms with Crippen LogP contribution in [-0.4, -0.2) is 17.8 Å². The lowest BCUT2D eigenvalue weighted by atomic mass is 10.2. The van der Waals surface area contributed by atoms with Gasteiger partial charge in [-0.3, -0.25) is 0 Å². The first-order chi connectivity index (χ1) is 6.24. The van der Waals surface area contributed by atoms with Crippen molar-refractivity contribution in [3.63, 3.8) is 0 Å². The van der Waals surface area contributed by atoms with Gasteiger partial charge in [0.25, 0.3) is 0 Å². The molecule has 1 N–H and O–H groups in total. The molecule has 0 aliphatic rings. The smallest absolute Gasteiger partial charge is 0.137 e. The molecule has 0 amide bonds. The lowest BCUT2D eigenvalue weighted by Gasteiger charge is -2.08. The van der Waals surface area contributed by atoms with Gasteiger partial charge in [-0.25, -0.2) is 0 Å². The molecule has 0 saturated carbocycles. The minimum Gasteiger partial charge on any atom is -0.490 e. The number of hydrogen-bond donors (Lipinski definition) is 1. The molecule has 0 aliphatic heterocycles. The fraction of sp³-hybridized carbons (Fsp3) is 0.200. The summed E-state index contributed by atoms with van der Waals surface area (Å²) in [7, 11) is 0. The van der Waals surface area contributed by atoms with Crippen LogP contribution in [0.25, 0.3) is 0 Å². The molecule has 67 valence electrons. The van der Waals surface area contributed by atoms with Gasteiger partial charge in [0, 0.05) is 0 Å². The Kier molecular flexibility index (Phi) is 3.30. The average Bonchev–Trinajstić information content (AvgIpc) is 2.15. The number of nitriles is 1. The molecule has 0 fully saturated rings. The van der Waals surface area contributed by atoms with Crippen LogP contribution in [0.3, 0.4) is 0 Å². The molecule has 0 aromatic heterocycles. The van der Waals surface area contributed by atoms with Crippen molar-refractivity contribution >= 4 is 0 Å². The maximum absolute atomic E-state index is 8.86. The van der Waals surface area contributed by atoms with E-state index < -0.39 is 6.10 Å². The predicted octanol–water partition coefficient (Wildman–Crippen LogP) is 1.13. The molecule has 0 bridgehead atoms. The molecule has 0 aliphatic carbocycles. The van der Waals surface area contributed by atoms with Gasteiger partial charge in [0.05, 0.1) is 11.7 Å². The van der Waals surface area contributed by atoms with Crippen molar-refractivity contribution in [1.29, 1.82) is 5.26 Å². The van der Waals surface area contributed by atoms with E-state index in [4.69, 9.17) is 15.1 Å². The predicted molar refractivity (Wildman–Crippen MR) is 48.0 cm³/mol. The fourth-order valence-corrected chi connectivity index (χ4v) is 0.871. The Bertz CT molecular complexity index is 315. The van der Waals surface area contributed by atoms with E-state index in [-0.39, 0.29) is 6.61 Å². The number of hydrogen-bond acceptors (Lipinski definition) is 3. The zero-order valence-electron chi connectivity index (χ0n) is 7.10.